The highest BCUT2D eigenvalue weighted by molar-refractivity contribution is 5.95. The number of nitrogens with zero attached hydrogens (tertiary/aromatic N) is 2. The zero-order chi connectivity index (χ0) is 20.4. The molecule has 0 saturated carbocycles. The van der Waals surface area contributed by atoms with Crippen LogP contribution in [0.25, 0.3) is 0 Å². The summed E-state index contributed by atoms with van der Waals surface area (Å²) in [4.78, 5) is 16.9. The lowest BCUT2D eigenvalue weighted by Gasteiger charge is -2.12. The number of hydrogen-bond donors (Lipinski definition) is 3. The van der Waals surface area contributed by atoms with Gasteiger partial charge in [0.15, 0.2) is 5.96 Å². The van der Waals surface area contributed by atoms with Crippen LogP contribution in [0.4, 0.5) is 5.69 Å². The number of nitrogens with one attached hydrogen (secondary N) is 3. The minimum Gasteiger partial charge on any atom is -0.361 e. The Morgan fingerprint density at radius 2 is 1.93 bits per heavy atom. The first-order valence-corrected chi connectivity index (χ1v) is 9.98. The van der Waals surface area contributed by atoms with E-state index in [1.165, 1.54) is 5.56 Å². The van der Waals surface area contributed by atoms with E-state index < -0.39 is 0 Å². The second-order valence-corrected chi connectivity index (χ2v) is 6.39. The highest BCUT2D eigenvalue weighted by Gasteiger charge is 2.13. The van der Waals surface area contributed by atoms with Gasteiger partial charge in [-0.3, -0.25) is 4.79 Å². The number of amides is 1. The van der Waals surface area contributed by atoms with Crippen molar-refractivity contribution in [3.63, 3.8) is 0 Å². The molecule has 2 aromatic rings. The average Bonchev–Trinajstić information content (AvgIpc) is 3.12. The number of aryl methyl sites for hydroxylation is 3. The number of aliphatic imine (C=N–C) groups is 1. The molecule has 0 bridgehead atoms. The number of aromatic nitrogens is 1. The third-order valence-electron chi connectivity index (χ3n) is 4.38. The van der Waals surface area contributed by atoms with Crippen molar-refractivity contribution in [1.29, 1.82) is 0 Å². The standard InChI is InChI=1S/C21H31N5O2/c1-5-15-10-9-11-16(12-15)25-20(27)14-24-21(22-8-4)23-13-17-18(6-2)26-28-19(17)7-3/h9-12H,5-8,13-14H2,1-4H3,(H,25,27)(H2,22,23,24). The molecule has 0 aliphatic rings. The summed E-state index contributed by atoms with van der Waals surface area (Å²) in [6.45, 7) is 9.46. The molecule has 28 heavy (non-hydrogen) atoms. The molecule has 0 aliphatic heterocycles. The number of anilines is 1. The fraction of sp³-hybridized carbons (Fsp3) is 0.476. The van der Waals surface area contributed by atoms with E-state index in [1.807, 2.05) is 45.0 Å². The van der Waals surface area contributed by atoms with Crippen LogP contribution >= 0.6 is 0 Å². The first-order valence-electron chi connectivity index (χ1n) is 9.98. The lowest BCUT2D eigenvalue weighted by molar-refractivity contribution is -0.115. The lowest BCUT2D eigenvalue weighted by Crippen LogP contribution is -2.41. The van der Waals surface area contributed by atoms with Crippen molar-refractivity contribution in [2.75, 3.05) is 18.4 Å². The van der Waals surface area contributed by atoms with Crippen LogP contribution in [-0.4, -0.2) is 30.1 Å². The summed E-state index contributed by atoms with van der Waals surface area (Å²) < 4.78 is 5.39. The molecule has 2 rings (SSSR count). The quantitative estimate of drug-likeness (QED) is 0.456. The van der Waals surface area contributed by atoms with Gasteiger partial charge >= 0.3 is 0 Å². The van der Waals surface area contributed by atoms with Crippen molar-refractivity contribution >= 4 is 17.6 Å². The summed E-state index contributed by atoms with van der Waals surface area (Å²) >= 11 is 0. The largest absolute Gasteiger partial charge is 0.361 e. The number of benzene rings is 1. The third kappa shape index (κ3) is 6.11. The first-order chi connectivity index (χ1) is 13.6. The Balaban J connectivity index is 1.97. The minimum absolute atomic E-state index is 0.118. The second kappa shape index (κ2) is 11.1. The average molecular weight is 386 g/mol. The van der Waals surface area contributed by atoms with Crippen LogP contribution in [0.15, 0.2) is 33.8 Å². The predicted molar refractivity (Wildman–Crippen MR) is 113 cm³/mol. The van der Waals surface area contributed by atoms with Crippen LogP contribution in [-0.2, 0) is 30.6 Å². The molecule has 152 valence electrons. The van der Waals surface area contributed by atoms with Gasteiger partial charge in [0.05, 0.1) is 18.8 Å². The summed E-state index contributed by atoms with van der Waals surface area (Å²) in [5.74, 6) is 1.34. The van der Waals surface area contributed by atoms with Gasteiger partial charge in [-0.1, -0.05) is 38.1 Å². The Labute approximate surface area is 167 Å². The van der Waals surface area contributed by atoms with Gasteiger partial charge in [-0.2, -0.15) is 0 Å². The number of carbonyl (C=O) groups is 1. The van der Waals surface area contributed by atoms with Gasteiger partial charge in [-0.15, -0.1) is 0 Å². The van der Waals surface area contributed by atoms with Gasteiger partial charge in [0.25, 0.3) is 0 Å². The molecule has 0 saturated heterocycles. The number of carbonyl (C=O) groups excluding carboxylic acids is 1. The predicted octanol–water partition coefficient (Wildman–Crippen LogP) is 3.06. The van der Waals surface area contributed by atoms with E-state index in [9.17, 15) is 4.79 Å². The highest BCUT2D eigenvalue weighted by Crippen LogP contribution is 2.16. The minimum atomic E-state index is -0.118. The fourth-order valence-electron chi connectivity index (χ4n) is 2.85. The van der Waals surface area contributed by atoms with Crippen molar-refractivity contribution in [2.45, 2.75) is 53.5 Å². The maximum absolute atomic E-state index is 12.3. The number of rotatable bonds is 9. The molecular formula is C21H31N5O2. The van der Waals surface area contributed by atoms with Gasteiger partial charge in [-0.05, 0) is 37.5 Å². The topological polar surface area (TPSA) is 91.6 Å². The Morgan fingerprint density at radius 1 is 1.11 bits per heavy atom. The smallest absolute Gasteiger partial charge is 0.243 e. The van der Waals surface area contributed by atoms with Crippen molar-refractivity contribution in [2.24, 2.45) is 4.99 Å². The Bertz CT molecular complexity index is 776. The molecule has 0 aliphatic carbocycles. The molecule has 0 atom stereocenters. The van der Waals surface area contributed by atoms with E-state index in [4.69, 9.17) is 4.52 Å². The molecule has 0 unspecified atom stereocenters. The molecule has 1 amide bonds. The van der Waals surface area contributed by atoms with Crippen LogP contribution in [0.3, 0.4) is 0 Å². The van der Waals surface area contributed by atoms with Crippen molar-refractivity contribution < 1.29 is 9.32 Å². The second-order valence-electron chi connectivity index (χ2n) is 6.39. The molecule has 0 fully saturated rings. The molecule has 0 radical (unpaired) electrons. The monoisotopic (exact) mass is 385 g/mol. The highest BCUT2D eigenvalue weighted by atomic mass is 16.5. The lowest BCUT2D eigenvalue weighted by atomic mass is 10.1. The van der Waals surface area contributed by atoms with Gasteiger partial charge in [-0.25, -0.2) is 4.99 Å². The van der Waals surface area contributed by atoms with Gasteiger partial charge in [0.1, 0.15) is 5.76 Å². The molecule has 1 aromatic carbocycles. The maximum Gasteiger partial charge on any atom is 0.243 e. The number of hydrogen-bond acceptors (Lipinski definition) is 4. The van der Waals surface area contributed by atoms with Crippen LogP contribution in [0.2, 0.25) is 0 Å². The molecule has 1 heterocycles. The maximum atomic E-state index is 12.3. The van der Waals surface area contributed by atoms with Crippen LogP contribution in [0.5, 0.6) is 0 Å². The van der Waals surface area contributed by atoms with Gasteiger partial charge < -0.3 is 20.5 Å². The summed E-state index contributed by atoms with van der Waals surface area (Å²) in [7, 11) is 0. The normalized spacial score (nSPS) is 11.4. The first kappa shape index (κ1) is 21.5. The van der Waals surface area contributed by atoms with Crippen LogP contribution in [0.1, 0.15) is 50.3 Å². The summed E-state index contributed by atoms with van der Waals surface area (Å²) in [6.07, 6.45) is 2.51. The Hall–Kier alpha value is -2.83. The Kier molecular flexibility index (Phi) is 8.52. The molecular weight excluding hydrogens is 354 g/mol. The Morgan fingerprint density at radius 3 is 2.61 bits per heavy atom. The number of guanidine groups is 1. The molecule has 7 heteroatoms. The fourth-order valence-corrected chi connectivity index (χ4v) is 2.85. The SMILES string of the molecule is CCNC(=NCc1c(CC)noc1CC)NCC(=O)Nc1cccc(CC)c1. The van der Waals surface area contributed by atoms with Crippen molar-refractivity contribution in [3.05, 3.63) is 46.8 Å². The molecule has 3 N–H and O–H groups in total. The zero-order valence-corrected chi connectivity index (χ0v) is 17.3. The zero-order valence-electron chi connectivity index (χ0n) is 17.3. The van der Waals surface area contributed by atoms with E-state index in [1.54, 1.807) is 0 Å². The van der Waals surface area contributed by atoms with Gasteiger partial charge in [0, 0.05) is 24.2 Å². The van der Waals surface area contributed by atoms with E-state index in [0.29, 0.717) is 19.0 Å². The molecule has 1 aromatic heterocycles. The summed E-state index contributed by atoms with van der Waals surface area (Å²) in [5, 5.41) is 13.3. The molecule has 7 nitrogen and oxygen atoms in total. The van der Waals surface area contributed by atoms with E-state index in [0.717, 1.165) is 42.0 Å². The van der Waals surface area contributed by atoms with Crippen molar-refractivity contribution in [3.8, 4) is 0 Å². The van der Waals surface area contributed by atoms with E-state index in [-0.39, 0.29) is 12.5 Å². The summed E-state index contributed by atoms with van der Waals surface area (Å²) in [5.41, 5.74) is 3.96. The molecule has 0 spiro atoms. The van der Waals surface area contributed by atoms with E-state index in [2.05, 4.69) is 33.0 Å². The van der Waals surface area contributed by atoms with Crippen LogP contribution in [0, 0.1) is 0 Å². The van der Waals surface area contributed by atoms with Gasteiger partial charge in [0.2, 0.25) is 5.91 Å². The van der Waals surface area contributed by atoms with E-state index >= 15 is 0 Å². The summed E-state index contributed by atoms with van der Waals surface area (Å²) in [6, 6.07) is 7.87. The van der Waals surface area contributed by atoms with Crippen LogP contribution < -0.4 is 16.0 Å². The third-order valence-corrected chi connectivity index (χ3v) is 4.38. The van der Waals surface area contributed by atoms with Crippen molar-refractivity contribution in [1.82, 2.24) is 15.8 Å².